The fourth-order valence-corrected chi connectivity index (χ4v) is 4.88. The number of phenols is 1. The van der Waals surface area contributed by atoms with E-state index in [-0.39, 0.29) is 17.4 Å². The number of hydrogen-bond acceptors (Lipinski definition) is 5. The maximum Gasteiger partial charge on any atom is 0.215 e. The number of nitrogens with zero attached hydrogens (tertiary/aromatic N) is 3. The number of aromatic amines is 1. The van der Waals surface area contributed by atoms with Crippen molar-refractivity contribution in [1.82, 2.24) is 19.5 Å². The molecule has 7 heteroatoms. The lowest BCUT2D eigenvalue weighted by molar-refractivity contribution is 0.103. The third-order valence-corrected chi connectivity index (χ3v) is 6.83. The van der Waals surface area contributed by atoms with E-state index in [2.05, 4.69) is 4.98 Å². The predicted octanol–water partition coefficient (Wildman–Crippen LogP) is 5.22. The minimum absolute atomic E-state index is 0.157. The van der Waals surface area contributed by atoms with E-state index in [1.807, 2.05) is 57.2 Å². The first-order valence-electron chi connectivity index (χ1n) is 11.5. The van der Waals surface area contributed by atoms with E-state index < -0.39 is 0 Å². The summed E-state index contributed by atoms with van der Waals surface area (Å²) in [4.78, 5) is 27.0. The topological polar surface area (TPSA) is 110 Å². The number of H-pyrrole nitrogens is 1. The van der Waals surface area contributed by atoms with Crippen LogP contribution in [0.1, 0.15) is 57.3 Å². The fourth-order valence-electron chi connectivity index (χ4n) is 4.88. The average molecular weight is 452 g/mol. The van der Waals surface area contributed by atoms with Crippen LogP contribution in [0.25, 0.3) is 27.8 Å². The Hall–Kier alpha value is -4.13. The molecule has 1 saturated carbocycles. The Morgan fingerprint density at radius 1 is 1.12 bits per heavy atom. The summed E-state index contributed by atoms with van der Waals surface area (Å²) in [6.45, 7) is 5.74. The molecule has 0 saturated heterocycles. The quantitative estimate of drug-likeness (QED) is 0.324. The van der Waals surface area contributed by atoms with Gasteiger partial charge in [-0.2, -0.15) is 0 Å². The first-order valence-corrected chi connectivity index (χ1v) is 11.5. The molecule has 7 nitrogen and oxygen atoms in total. The van der Waals surface area contributed by atoms with E-state index in [1.165, 1.54) is 0 Å². The Labute approximate surface area is 196 Å². The molecule has 34 heavy (non-hydrogen) atoms. The van der Waals surface area contributed by atoms with Gasteiger partial charge in [0.05, 0.1) is 28.3 Å². The smallest absolute Gasteiger partial charge is 0.215 e. The second-order valence-corrected chi connectivity index (χ2v) is 9.21. The highest BCUT2D eigenvalue weighted by Gasteiger charge is 2.32. The molecule has 0 atom stereocenters. The largest absolute Gasteiger partial charge is 0.508 e. The van der Waals surface area contributed by atoms with E-state index in [0.29, 0.717) is 39.6 Å². The van der Waals surface area contributed by atoms with Gasteiger partial charge in [0.1, 0.15) is 17.1 Å². The average Bonchev–Trinajstić information content (AvgIpc) is 3.50. The summed E-state index contributed by atoms with van der Waals surface area (Å²) in [5, 5.41) is 11.4. The van der Waals surface area contributed by atoms with Crippen molar-refractivity contribution >= 4 is 33.7 Å². The molecule has 1 fully saturated rings. The van der Waals surface area contributed by atoms with Crippen molar-refractivity contribution in [1.29, 1.82) is 0 Å². The Morgan fingerprint density at radius 3 is 2.62 bits per heavy atom. The lowest BCUT2D eigenvalue weighted by atomic mass is 10.1. The molecule has 0 unspecified atom stereocenters. The number of hydrogen-bond donors (Lipinski definition) is 3. The first-order chi connectivity index (χ1) is 16.3. The van der Waals surface area contributed by atoms with Crippen molar-refractivity contribution in [3.05, 3.63) is 76.2 Å². The standard InChI is InChI=1S/C27H25N5O2/c1-13-8-11-20(33)14(2)24(13)32-26(28)21(23-27(32)29-15(3)22(31-23)16-9-10-16)25(34)19-12-17-6-4-5-7-18(17)30-19/h4-8,11-12,16,30,33H,9-10,28H2,1-3H3. The van der Waals surface area contributed by atoms with Gasteiger partial charge in [0.25, 0.3) is 0 Å². The van der Waals surface area contributed by atoms with Crippen molar-refractivity contribution in [2.75, 3.05) is 5.73 Å². The van der Waals surface area contributed by atoms with Crippen LogP contribution in [-0.2, 0) is 0 Å². The molecule has 5 aromatic rings. The van der Waals surface area contributed by atoms with E-state index in [0.717, 1.165) is 40.7 Å². The van der Waals surface area contributed by atoms with Gasteiger partial charge in [-0.05, 0) is 57.4 Å². The van der Waals surface area contributed by atoms with E-state index >= 15 is 0 Å². The van der Waals surface area contributed by atoms with Crippen LogP contribution in [-0.4, -0.2) is 30.4 Å². The first kappa shape index (κ1) is 20.5. The zero-order valence-electron chi connectivity index (χ0n) is 19.3. The molecular formula is C27H25N5O2. The number of aryl methyl sites for hydroxylation is 2. The Bertz CT molecular complexity index is 1610. The molecular weight excluding hydrogens is 426 g/mol. The fraction of sp³-hybridized carbons (Fsp3) is 0.222. The number of nitrogens with two attached hydrogens (primary N) is 1. The minimum atomic E-state index is -0.229. The van der Waals surface area contributed by atoms with Gasteiger partial charge >= 0.3 is 0 Å². The lowest BCUT2D eigenvalue weighted by Gasteiger charge is -2.15. The number of aromatic nitrogens is 4. The second kappa shape index (κ2) is 7.18. The van der Waals surface area contributed by atoms with Crippen LogP contribution in [0, 0.1) is 20.8 Å². The number of carbonyl (C=O) groups is 1. The van der Waals surface area contributed by atoms with Crippen molar-refractivity contribution in [3.63, 3.8) is 0 Å². The van der Waals surface area contributed by atoms with Crippen molar-refractivity contribution < 1.29 is 9.90 Å². The zero-order chi connectivity index (χ0) is 23.7. The van der Waals surface area contributed by atoms with Gasteiger partial charge in [0, 0.05) is 22.4 Å². The molecule has 6 rings (SSSR count). The normalized spacial score (nSPS) is 13.7. The number of anilines is 1. The predicted molar refractivity (Wildman–Crippen MR) is 133 cm³/mol. The summed E-state index contributed by atoms with van der Waals surface area (Å²) in [6.07, 6.45) is 2.15. The van der Waals surface area contributed by atoms with Gasteiger partial charge in [0.15, 0.2) is 5.65 Å². The highest BCUT2D eigenvalue weighted by molar-refractivity contribution is 6.19. The molecule has 0 aliphatic heterocycles. The monoisotopic (exact) mass is 451 g/mol. The second-order valence-electron chi connectivity index (χ2n) is 9.21. The summed E-state index contributed by atoms with van der Waals surface area (Å²) < 4.78 is 1.77. The minimum Gasteiger partial charge on any atom is -0.508 e. The van der Waals surface area contributed by atoms with Crippen LogP contribution in [0.4, 0.5) is 5.82 Å². The third-order valence-electron chi connectivity index (χ3n) is 6.83. The number of nitrogens with one attached hydrogen (secondary N) is 1. The number of carbonyl (C=O) groups excluding carboxylic acids is 1. The molecule has 4 N–H and O–H groups in total. The SMILES string of the molecule is Cc1ccc(O)c(C)c1-n1c(N)c(C(=O)c2cc3ccccc3[nH]2)c2nc(C3CC3)c(C)nc21. The molecule has 3 heterocycles. The summed E-state index contributed by atoms with van der Waals surface area (Å²) in [7, 11) is 0. The summed E-state index contributed by atoms with van der Waals surface area (Å²) in [5.41, 5.74) is 13.5. The number of benzene rings is 2. The molecule has 0 bridgehead atoms. The van der Waals surface area contributed by atoms with Crippen molar-refractivity contribution in [2.45, 2.75) is 39.5 Å². The number of ketones is 1. The van der Waals surface area contributed by atoms with Gasteiger partial charge in [-0.1, -0.05) is 24.3 Å². The van der Waals surface area contributed by atoms with Gasteiger partial charge in [-0.3, -0.25) is 9.36 Å². The molecule has 0 spiro atoms. The van der Waals surface area contributed by atoms with Crippen LogP contribution < -0.4 is 5.73 Å². The number of phenolic OH excluding ortho intramolecular Hbond substituents is 1. The Morgan fingerprint density at radius 2 is 1.88 bits per heavy atom. The molecule has 0 radical (unpaired) electrons. The van der Waals surface area contributed by atoms with Crippen molar-refractivity contribution in [2.24, 2.45) is 0 Å². The number of fused-ring (bicyclic) bond motifs is 2. The highest BCUT2D eigenvalue weighted by atomic mass is 16.3. The Kier molecular flexibility index (Phi) is 4.33. The molecule has 2 aromatic carbocycles. The maximum absolute atomic E-state index is 13.9. The summed E-state index contributed by atoms with van der Waals surface area (Å²) in [6, 6.07) is 13.1. The van der Waals surface area contributed by atoms with E-state index in [4.69, 9.17) is 15.7 Å². The number of nitrogen functional groups attached to an aromatic ring is 1. The number of rotatable bonds is 4. The molecule has 1 aliphatic rings. The third kappa shape index (κ3) is 2.93. The molecule has 3 aromatic heterocycles. The van der Waals surface area contributed by atoms with Gasteiger partial charge in [-0.25, -0.2) is 9.97 Å². The number of para-hydroxylation sites is 1. The van der Waals surface area contributed by atoms with Crippen LogP contribution in [0.3, 0.4) is 0 Å². The zero-order valence-corrected chi connectivity index (χ0v) is 19.3. The van der Waals surface area contributed by atoms with Crippen LogP contribution in [0.5, 0.6) is 5.75 Å². The van der Waals surface area contributed by atoms with E-state index in [9.17, 15) is 9.90 Å². The Balaban J connectivity index is 1.67. The van der Waals surface area contributed by atoms with Gasteiger partial charge in [0.2, 0.25) is 5.78 Å². The highest BCUT2D eigenvalue weighted by Crippen LogP contribution is 2.42. The number of aromatic hydroxyl groups is 1. The van der Waals surface area contributed by atoms with Gasteiger partial charge in [-0.15, -0.1) is 0 Å². The van der Waals surface area contributed by atoms with Gasteiger partial charge < -0.3 is 15.8 Å². The molecule has 1 aliphatic carbocycles. The lowest BCUT2D eigenvalue weighted by Crippen LogP contribution is -2.09. The van der Waals surface area contributed by atoms with Crippen molar-refractivity contribution in [3.8, 4) is 11.4 Å². The van der Waals surface area contributed by atoms with Crippen LogP contribution in [0.15, 0.2) is 42.5 Å². The molecule has 0 amide bonds. The van der Waals surface area contributed by atoms with Crippen LogP contribution >= 0.6 is 0 Å². The maximum atomic E-state index is 13.9. The molecule has 170 valence electrons. The summed E-state index contributed by atoms with van der Waals surface area (Å²) in [5.74, 6) is 0.571. The van der Waals surface area contributed by atoms with Crippen LogP contribution in [0.2, 0.25) is 0 Å². The summed E-state index contributed by atoms with van der Waals surface area (Å²) >= 11 is 0. The van der Waals surface area contributed by atoms with E-state index in [1.54, 1.807) is 10.6 Å².